The molecule has 0 aliphatic carbocycles. The van der Waals surface area contributed by atoms with E-state index in [0.29, 0.717) is 0 Å². The Morgan fingerprint density at radius 2 is 1.69 bits per heavy atom. The molecule has 2 nitrogen and oxygen atoms in total. The number of benzene rings is 3. The maximum Gasteiger partial charge on any atom is 0.136 e. The lowest BCUT2D eigenvalue weighted by atomic mass is 9.46. The van der Waals surface area contributed by atoms with Crippen LogP contribution in [0.25, 0.3) is 44.0 Å². The third-order valence-electron chi connectivity index (χ3n) is 5.87. The Bertz CT molecular complexity index is 1370. The highest BCUT2D eigenvalue weighted by Gasteiger charge is 2.24. The average molecular weight is 371 g/mol. The summed E-state index contributed by atoms with van der Waals surface area (Å²) in [4.78, 5) is 4.54. The minimum absolute atomic E-state index is 0.101. The summed E-state index contributed by atoms with van der Waals surface area (Å²) in [6, 6.07) is 22.6. The molecule has 2 heterocycles. The van der Waals surface area contributed by atoms with E-state index in [1.807, 2.05) is 38.1 Å². The number of hydrogen-bond acceptors (Lipinski definition) is 2. The highest BCUT2D eigenvalue weighted by molar-refractivity contribution is 6.40. The lowest BCUT2D eigenvalue weighted by molar-refractivity contribution is 0.570. The summed E-state index contributed by atoms with van der Waals surface area (Å²) in [5, 5.41) is 3.75. The standard InChI is InChI=1S/C25H19B2NO/c1-15(2)25(26,27)18-11-12-28-21(14-18)17-7-9-20-23(13-17)29-22-10-8-16-5-3-4-6-19(16)24(20)22/h3-15H,1-2H3. The largest absolute Gasteiger partial charge is 0.456 e. The highest BCUT2D eigenvalue weighted by Crippen LogP contribution is 2.36. The van der Waals surface area contributed by atoms with Gasteiger partial charge in [-0.1, -0.05) is 66.9 Å². The third kappa shape index (κ3) is 2.86. The van der Waals surface area contributed by atoms with Gasteiger partial charge in [0.2, 0.25) is 0 Å². The van der Waals surface area contributed by atoms with Crippen molar-refractivity contribution in [3.8, 4) is 11.3 Å². The van der Waals surface area contributed by atoms with E-state index in [1.54, 1.807) is 6.20 Å². The normalized spacial score (nSPS) is 12.4. The van der Waals surface area contributed by atoms with E-state index in [1.165, 1.54) is 10.8 Å². The van der Waals surface area contributed by atoms with E-state index in [4.69, 9.17) is 20.1 Å². The molecule has 0 spiro atoms. The predicted octanol–water partition coefficient (Wildman–Crippen LogP) is 5.95. The average Bonchev–Trinajstić information content (AvgIpc) is 3.12. The van der Waals surface area contributed by atoms with Crippen molar-refractivity contribution in [2.45, 2.75) is 19.1 Å². The fourth-order valence-electron chi connectivity index (χ4n) is 3.90. The Hall–Kier alpha value is -3.00. The Morgan fingerprint density at radius 1 is 0.862 bits per heavy atom. The van der Waals surface area contributed by atoms with E-state index in [2.05, 4.69) is 47.4 Å². The van der Waals surface area contributed by atoms with Gasteiger partial charge in [0.05, 0.1) is 21.4 Å². The first-order chi connectivity index (χ1) is 13.9. The second-order valence-electron chi connectivity index (χ2n) is 7.99. The molecule has 29 heavy (non-hydrogen) atoms. The lowest BCUT2D eigenvalue weighted by Crippen LogP contribution is -2.33. The van der Waals surface area contributed by atoms with Crippen LogP contribution in [-0.2, 0) is 5.21 Å². The molecule has 4 radical (unpaired) electrons. The second kappa shape index (κ2) is 6.52. The van der Waals surface area contributed by atoms with Crippen molar-refractivity contribution in [2.24, 2.45) is 5.92 Å². The van der Waals surface area contributed by atoms with E-state index < -0.39 is 5.21 Å². The maximum absolute atomic E-state index is 6.35. The zero-order valence-electron chi connectivity index (χ0n) is 16.5. The molecule has 0 fully saturated rings. The van der Waals surface area contributed by atoms with Gasteiger partial charge in [-0.3, -0.25) is 4.98 Å². The summed E-state index contributed by atoms with van der Waals surface area (Å²) < 4.78 is 6.18. The minimum atomic E-state index is -0.903. The van der Waals surface area contributed by atoms with Gasteiger partial charge in [0.1, 0.15) is 11.2 Å². The first-order valence-electron chi connectivity index (χ1n) is 9.84. The van der Waals surface area contributed by atoms with Gasteiger partial charge in [0, 0.05) is 22.5 Å². The van der Waals surface area contributed by atoms with Crippen LogP contribution in [0.2, 0.25) is 0 Å². The fourth-order valence-corrected chi connectivity index (χ4v) is 3.90. The van der Waals surface area contributed by atoms with Gasteiger partial charge in [-0.05, 0) is 41.1 Å². The summed E-state index contributed by atoms with van der Waals surface area (Å²) in [5.74, 6) is 0.101. The summed E-state index contributed by atoms with van der Waals surface area (Å²) in [6.45, 7) is 4.04. The van der Waals surface area contributed by atoms with Crippen LogP contribution in [0.15, 0.2) is 77.3 Å². The topological polar surface area (TPSA) is 26.0 Å². The quantitative estimate of drug-likeness (QED) is 0.367. The number of rotatable bonds is 3. The molecule has 0 saturated heterocycles. The molecule has 136 valence electrons. The van der Waals surface area contributed by atoms with Gasteiger partial charge in [0.25, 0.3) is 0 Å². The number of pyridine rings is 1. The van der Waals surface area contributed by atoms with Crippen molar-refractivity contribution in [1.82, 2.24) is 4.98 Å². The van der Waals surface area contributed by atoms with Crippen LogP contribution in [0.3, 0.4) is 0 Å². The predicted molar refractivity (Wildman–Crippen MR) is 122 cm³/mol. The molecule has 5 rings (SSSR count). The second-order valence-corrected chi connectivity index (χ2v) is 7.99. The number of furan rings is 1. The van der Waals surface area contributed by atoms with Gasteiger partial charge in [-0.2, -0.15) is 0 Å². The SMILES string of the molecule is [B]C([B])(c1ccnc(-c2ccc3c(c2)oc2ccc4ccccc4c23)c1)C(C)C. The molecule has 0 aliphatic heterocycles. The van der Waals surface area contributed by atoms with Crippen molar-refractivity contribution in [3.63, 3.8) is 0 Å². The highest BCUT2D eigenvalue weighted by atomic mass is 16.3. The van der Waals surface area contributed by atoms with Gasteiger partial charge < -0.3 is 4.42 Å². The zero-order chi connectivity index (χ0) is 20.2. The van der Waals surface area contributed by atoms with Crippen molar-refractivity contribution in [2.75, 3.05) is 0 Å². The number of aromatic nitrogens is 1. The first kappa shape index (κ1) is 18.1. The van der Waals surface area contributed by atoms with Crippen LogP contribution < -0.4 is 0 Å². The molecule has 3 aromatic carbocycles. The Kier molecular flexibility index (Phi) is 4.06. The lowest BCUT2D eigenvalue weighted by Gasteiger charge is -2.31. The van der Waals surface area contributed by atoms with Gasteiger partial charge in [0.15, 0.2) is 0 Å². The summed E-state index contributed by atoms with van der Waals surface area (Å²) in [5.41, 5.74) is 4.41. The Morgan fingerprint density at radius 3 is 2.52 bits per heavy atom. The minimum Gasteiger partial charge on any atom is -0.456 e. The molecule has 4 heteroatoms. The van der Waals surface area contributed by atoms with Crippen molar-refractivity contribution < 1.29 is 4.42 Å². The van der Waals surface area contributed by atoms with Gasteiger partial charge in [-0.15, -0.1) is 0 Å². The summed E-state index contributed by atoms with van der Waals surface area (Å²) in [6.07, 6.45) is 1.76. The van der Waals surface area contributed by atoms with Crippen molar-refractivity contribution in [1.29, 1.82) is 0 Å². The van der Waals surface area contributed by atoms with Gasteiger partial charge >= 0.3 is 0 Å². The number of fused-ring (bicyclic) bond motifs is 5. The van der Waals surface area contributed by atoms with Crippen LogP contribution in [0, 0.1) is 5.92 Å². The van der Waals surface area contributed by atoms with Crippen LogP contribution in [0.5, 0.6) is 0 Å². The Balaban J connectivity index is 1.68. The van der Waals surface area contributed by atoms with E-state index in [9.17, 15) is 0 Å². The molecule has 0 bridgehead atoms. The van der Waals surface area contributed by atoms with Crippen LogP contribution in [0.4, 0.5) is 0 Å². The smallest absolute Gasteiger partial charge is 0.136 e. The molecule has 0 N–H and O–H groups in total. The van der Waals surface area contributed by atoms with Gasteiger partial charge in [-0.25, -0.2) is 0 Å². The van der Waals surface area contributed by atoms with Crippen molar-refractivity contribution >= 4 is 48.4 Å². The zero-order valence-corrected chi connectivity index (χ0v) is 16.5. The molecule has 2 aromatic heterocycles. The monoisotopic (exact) mass is 371 g/mol. The molecular weight excluding hydrogens is 352 g/mol. The summed E-state index contributed by atoms with van der Waals surface area (Å²) >= 11 is 0. The molecular formula is C25H19B2NO. The molecule has 0 unspecified atom stereocenters. The molecule has 5 aromatic rings. The number of hydrogen-bond donors (Lipinski definition) is 0. The van der Waals surface area contributed by atoms with E-state index in [0.717, 1.165) is 38.8 Å². The molecule has 0 amide bonds. The Labute approximate surface area is 172 Å². The molecule has 0 saturated carbocycles. The molecule has 0 aliphatic rings. The third-order valence-corrected chi connectivity index (χ3v) is 5.87. The number of nitrogens with zero attached hydrogens (tertiary/aromatic N) is 1. The van der Waals surface area contributed by atoms with E-state index >= 15 is 0 Å². The van der Waals surface area contributed by atoms with Crippen molar-refractivity contribution in [3.05, 3.63) is 78.5 Å². The summed E-state index contributed by atoms with van der Waals surface area (Å²) in [7, 11) is 12.7. The van der Waals surface area contributed by atoms with E-state index in [-0.39, 0.29) is 5.92 Å². The molecule has 0 atom stereocenters. The fraction of sp³-hybridized carbons (Fsp3) is 0.160. The van der Waals surface area contributed by atoms with Crippen LogP contribution in [-0.4, -0.2) is 20.7 Å². The maximum atomic E-state index is 6.35. The van der Waals surface area contributed by atoms with Crippen LogP contribution >= 0.6 is 0 Å². The first-order valence-corrected chi connectivity index (χ1v) is 9.84. The van der Waals surface area contributed by atoms with Crippen LogP contribution in [0.1, 0.15) is 19.4 Å².